The van der Waals surface area contributed by atoms with Crippen LogP contribution in [0.2, 0.25) is 15.2 Å². The minimum absolute atomic E-state index is 0.0227. The number of pyridine rings is 1. The van der Waals surface area contributed by atoms with E-state index < -0.39 is 11.6 Å². The first-order valence-electron chi connectivity index (χ1n) is 9.40. The molecule has 0 bridgehead atoms. The fourth-order valence-corrected chi connectivity index (χ4v) is 4.05. The lowest BCUT2D eigenvalue weighted by atomic mass is 9.93. The molecule has 4 rings (SSSR count). The molecule has 0 saturated carbocycles. The van der Waals surface area contributed by atoms with E-state index in [1.807, 2.05) is 0 Å². The maximum Gasteiger partial charge on any atom is 0.173 e. The molecule has 0 N–H and O–H groups in total. The molecule has 0 spiro atoms. The fourth-order valence-electron chi connectivity index (χ4n) is 3.35. The largest absolute Gasteiger partial charge is 0.497 e. The molecule has 2 heterocycles. The van der Waals surface area contributed by atoms with E-state index in [9.17, 15) is 4.39 Å². The highest BCUT2D eigenvalue weighted by Crippen LogP contribution is 2.46. The van der Waals surface area contributed by atoms with Crippen molar-refractivity contribution < 1.29 is 18.3 Å². The number of benzene rings is 2. The number of hydrogen-bond donors (Lipinski definition) is 0. The molecule has 10 heteroatoms. The summed E-state index contributed by atoms with van der Waals surface area (Å²) in [6.45, 7) is 0. The molecule has 168 valence electrons. The van der Waals surface area contributed by atoms with Crippen LogP contribution in [-0.4, -0.2) is 29.4 Å². The van der Waals surface area contributed by atoms with Crippen LogP contribution in [0, 0.1) is 11.6 Å². The molecule has 0 unspecified atom stereocenters. The van der Waals surface area contributed by atoms with Crippen LogP contribution in [0.4, 0.5) is 8.78 Å². The molecule has 0 aliphatic carbocycles. The van der Waals surface area contributed by atoms with Gasteiger partial charge in [-0.3, -0.25) is 4.98 Å². The van der Waals surface area contributed by atoms with Crippen LogP contribution in [-0.2, 0) is 0 Å². The lowest BCUT2D eigenvalue weighted by molar-refractivity contribution is 0.375. The van der Waals surface area contributed by atoms with Gasteiger partial charge in [-0.1, -0.05) is 46.9 Å². The third-order valence-electron chi connectivity index (χ3n) is 4.84. The van der Waals surface area contributed by atoms with Crippen molar-refractivity contribution in [2.24, 2.45) is 0 Å². The Morgan fingerprint density at radius 1 is 0.818 bits per heavy atom. The molecular weight excluding hydrogens is 495 g/mol. The molecule has 0 amide bonds. The average Bonchev–Trinajstić information content (AvgIpc) is 2.80. The lowest BCUT2D eigenvalue weighted by Crippen LogP contribution is -2.03. The predicted molar refractivity (Wildman–Crippen MR) is 124 cm³/mol. The summed E-state index contributed by atoms with van der Waals surface area (Å²) >= 11 is 18.9. The number of rotatable bonds is 5. The topological polar surface area (TPSA) is 57.1 Å². The van der Waals surface area contributed by atoms with Gasteiger partial charge in [0, 0.05) is 29.0 Å². The van der Waals surface area contributed by atoms with Crippen LogP contribution < -0.4 is 9.47 Å². The highest BCUT2D eigenvalue weighted by atomic mass is 35.5. The SMILES string of the molecule is COc1cc(OC)c(F)c(-c2c(-c3ccccc3F)nnc(Cl)c2-c2ncc(Cl)cc2Cl)c1. The molecule has 5 nitrogen and oxygen atoms in total. The van der Waals surface area contributed by atoms with Crippen LogP contribution in [0.3, 0.4) is 0 Å². The van der Waals surface area contributed by atoms with E-state index in [1.165, 1.54) is 56.8 Å². The second kappa shape index (κ2) is 9.47. The van der Waals surface area contributed by atoms with E-state index >= 15 is 4.39 Å². The summed E-state index contributed by atoms with van der Waals surface area (Å²) in [4.78, 5) is 4.27. The van der Waals surface area contributed by atoms with Gasteiger partial charge in [-0.15, -0.1) is 10.2 Å². The van der Waals surface area contributed by atoms with Gasteiger partial charge < -0.3 is 9.47 Å². The first kappa shape index (κ1) is 23.2. The number of ether oxygens (including phenoxy) is 2. The first-order chi connectivity index (χ1) is 15.8. The maximum absolute atomic E-state index is 15.6. The third kappa shape index (κ3) is 4.31. The molecule has 4 aromatic rings. The van der Waals surface area contributed by atoms with Gasteiger partial charge in [0.05, 0.1) is 35.5 Å². The summed E-state index contributed by atoms with van der Waals surface area (Å²) < 4.78 is 40.9. The molecule has 0 atom stereocenters. The van der Waals surface area contributed by atoms with Crippen LogP contribution in [0.25, 0.3) is 33.6 Å². The Balaban J connectivity index is 2.19. The van der Waals surface area contributed by atoms with Crippen molar-refractivity contribution in [1.82, 2.24) is 15.2 Å². The van der Waals surface area contributed by atoms with Gasteiger partial charge in [-0.05, 0) is 24.3 Å². The van der Waals surface area contributed by atoms with E-state index in [1.54, 1.807) is 6.07 Å². The normalized spacial score (nSPS) is 10.9. The summed E-state index contributed by atoms with van der Waals surface area (Å²) in [5.74, 6) is -1.15. The van der Waals surface area contributed by atoms with Crippen molar-refractivity contribution in [3.63, 3.8) is 0 Å². The maximum atomic E-state index is 15.6. The van der Waals surface area contributed by atoms with Gasteiger partial charge in [0.1, 0.15) is 17.3 Å². The molecule has 0 fully saturated rings. The standard InChI is InChI=1S/C23H14Cl3F2N3O2/c1-32-12-8-14(20(28)17(9-12)33-2)18-19(22-15(25)7-11(24)10-29-22)23(26)31-30-21(18)13-5-3-4-6-16(13)27/h3-10H,1-2H3. The average molecular weight is 509 g/mol. The fraction of sp³-hybridized carbons (Fsp3) is 0.0870. The Morgan fingerprint density at radius 2 is 1.58 bits per heavy atom. The van der Waals surface area contributed by atoms with Crippen molar-refractivity contribution in [2.45, 2.75) is 0 Å². The predicted octanol–water partition coefficient (Wildman–Crippen LogP) is 7.13. The van der Waals surface area contributed by atoms with E-state index in [0.717, 1.165) is 0 Å². The third-order valence-corrected chi connectivity index (χ3v) is 5.60. The van der Waals surface area contributed by atoms with Crippen LogP contribution >= 0.6 is 34.8 Å². The quantitative estimate of drug-likeness (QED) is 0.287. The molecule has 0 aliphatic heterocycles. The lowest BCUT2D eigenvalue weighted by Gasteiger charge is -2.18. The Bertz CT molecular complexity index is 1370. The minimum Gasteiger partial charge on any atom is -0.497 e. The summed E-state index contributed by atoms with van der Waals surface area (Å²) in [6.07, 6.45) is 1.36. The monoisotopic (exact) mass is 507 g/mol. The van der Waals surface area contributed by atoms with Crippen LogP contribution in [0.5, 0.6) is 11.5 Å². The summed E-state index contributed by atoms with van der Waals surface area (Å²) in [5.41, 5.74) is 0.477. The molecule has 2 aromatic heterocycles. The van der Waals surface area contributed by atoms with Crippen LogP contribution in [0.15, 0.2) is 48.7 Å². The summed E-state index contributed by atoms with van der Waals surface area (Å²) in [7, 11) is 2.74. The number of halogens is 5. The van der Waals surface area contributed by atoms with Crippen molar-refractivity contribution >= 4 is 34.8 Å². The Kier molecular flexibility index (Phi) is 6.65. The first-order valence-corrected chi connectivity index (χ1v) is 10.5. The second-order valence-corrected chi connectivity index (χ2v) is 7.95. The van der Waals surface area contributed by atoms with Gasteiger partial charge in [0.15, 0.2) is 16.7 Å². The van der Waals surface area contributed by atoms with Crippen LogP contribution in [0.1, 0.15) is 0 Å². The smallest absolute Gasteiger partial charge is 0.173 e. The van der Waals surface area contributed by atoms with E-state index in [2.05, 4.69) is 15.2 Å². The second-order valence-electron chi connectivity index (χ2n) is 6.74. The Labute approximate surface area is 202 Å². The molecule has 33 heavy (non-hydrogen) atoms. The van der Waals surface area contributed by atoms with Crippen molar-refractivity contribution in [3.05, 3.63) is 75.5 Å². The van der Waals surface area contributed by atoms with Crippen molar-refractivity contribution in [2.75, 3.05) is 14.2 Å². The van der Waals surface area contributed by atoms with E-state index in [0.29, 0.717) is 0 Å². The van der Waals surface area contributed by atoms with E-state index in [-0.39, 0.29) is 60.3 Å². The molecule has 0 saturated heterocycles. The van der Waals surface area contributed by atoms with Gasteiger partial charge in [0.2, 0.25) is 0 Å². The van der Waals surface area contributed by atoms with Gasteiger partial charge in [-0.2, -0.15) is 0 Å². The van der Waals surface area contributed by atoms with Gasteiger partial charge in [-0.25, -0.2) is 8.78 Å². The zero-order valence-electron chi connectivity index (χ0n) is 17.2. The zero-order chi connectivity index (χ0) is 23.7. The Morgan fingerprint density at radius 3 is 2.24 bits per heavy atom. The number of methoxy groups -OCH3 is 2. The molecule has 0 aliphatic rings. The number of nitrogens with zero attached hydrogens (tertiary/aromatic N) is 3. The highest BCUT2D eigenvalue weighted by Gasteiger charge is 2.27. The number of hydrogen-bond acceptors (Lipinski definition) is 5. The van der Waals surface area contributed by atoms with Gasteiger partial charge >= 0.3 is 0 Å². The number of aromatic nitrogens is 3. The Hall–Kier alpha value is -3.00. The van der Waals surface area contributed by atoms with Crippen molar-refractivity contribution in [1.29, 1.82) is 0 Å². The summed E-state index contributed by atoms with van der Waals surface area (Å²) in [5, 5.41) is 8.37. The molecular formula is C23H14Cl3F2N3O2. The summed E-state index contributed by atoms with van der Waals surface area (Å²) in [6, 6.07) is 10.1. The molecule has 2 aromatic carbocycles. The molecule has 0 radical (unpaired) electrons. The zero-order valence-corrected chi connectivity index (χ0v) is 19.4. The highest BCUT2D eigenvalue weighted by molar-refractivity contribution is 6.38. The van der Waals surface area contributed by atoms with Crippen molar-refractivity contribution in [3.8, 4) is 45.1 Å². The minimum atomic E-state index is -0.744. The van der Waals surface area contributed by atoms with E-state index in [4.69, 9.17) is 44.3 Å². The van der Waals surface area contributed by atoms with Gasteiger partial charge in [0.25, 0.3) is 0 Å².